The molecule has 2 saturated heterocycles. The summed E-state index contributed by atoms with van der Waals surface area (Å²) in [5, 5.41) is 14.3. The lowest BCUT2D eigenvalue weighted by molar-refractivity contribution is -0.0847. The zero-order valence-electron chi connectivity index (χ0n) is 8.28. The molecular formula is C10H20N2O. The summed E-state index contributed by atoms with van der Waals surface area (Å²) < 4.78 is 0. The molecule has 2 rings (SSSR count). The summed E-state index contributed by atoms with van der Waals surface area (Å²) in [7, 11) is 0. The Morgan fingerprint density at radius 3 is 2.23 bits per heavy atom. The van der Waals surface area contributed by atoms with Gasteiger partial charge in [-0.15, -0.1) is 0 Å². The molecule has 2 heterocycles. The molecule has 3 nitrogen and oxygen atoms in total. The zero-order chi connectivity index (χ0) is 9.10. The van der Waals surface area contributed by atoms with Crippen LogP contribution in [0.4, 0.5) is 0 Å². The van der Waals surface area contributed by atoms with E-state index < -0.39 is 0 Å². The molecule has 0 unspecified atom stereocenters. The van der Waals surface area contributed by atoms with Crippen LogP contribution < -0.4 is 0 Å². The van der Waals surface area contributed by atoms with Gasteiger partial charge in [-0.3, -0.25) is 0 Å². The van der Waals surface area contributed by atoms with Crippen molar-refractivity contribution in [2.24, 2.45) is 0 Å². The van der Waals surface area contributed by atoms with E-state index in [2.05, 4.69) is 10.0 Å². The molecule has 2 aliphatic heterocycles. The summed E-state index contributed by atoms with van der Waals surface area (Å²) >= 11 is 0. The predicted octanol–water partition coefficient (Wildman–Crippen LogP) is 0.844. The lowest BCUT2D eigenvalue weighted by Crippen LogP contribution is -2.51. The smallest absolute Gasteiger partial charge is 0.0681 e. The molecule has 0 radical (unpaired) electrons. The Kier molecular flexibility index (Phi) is 3.19. The van der Waals surface area contributed by atoms with E-state index >= 15 is 0 Å². The second-order valence-electron chi connectivity index (χ2n) is 4.22. The normalized spacial score (nSPS) is 33.5. The summed E-state index contributed by atoms with van der Waals surface area (Å²) in [6, 6.07) is 0. The fraction of sp³-hybridized carbons (Fsp3) is 1.00. The summed E-state index contributed by atoms with van der Waals surface area (Å²) in [6.07, 6.45) is 6.09. The highest BCUT2D eigenvalue weighted by molar-refractivity contribution is 4.72. The maximum Gasteiger partial charge on any atom is 0.0681 e. The van der Waals surface area contributed by atoms with Crippen molar-refractivity contribution in [3.63, 3.8) is 0 Å². The van der Waals surface area contributed by atoms with Crippen molar-refractivity contribution in [3.05, 3.63) is 0 Å². The van der Waals surface area contributed by atoms with E-state index in [9.17, 15) is 5.11 Å². The van der Waals surface area contributed by atoms with Gasteiger partial charge in [0.2, 0.25) is 0 Å². The van der Waals surface area contributed by atoms with Crippen LogP contribution in [-0.2, 0) is 0 Å². The van der Waals surface area contributed by atoms with Crippen LogP contribution in [0.15, 0.2) is 0 Å². The maximum absolute atomic E-state index is 9.54. The molecule has 0 aromatic rings. The first-order chi connectivity index (χ1) is 6.36. The predicted molar refractivity (Wildman–Crippen MR) is 52.2 cm³/mol. The standard InChI is InChI=1S/C10H20N2O/c13-10-5-4-8-12(9-10)11-6-2-1-3-7-11/h10,13H,1-9H2/t10-/m1/s1. The minimum absolute atomic E-state index is 0.0873. The second-order valence-corrected chi connectivity index (χ2v) is 4.22. The van der Waals surface area contributed by atoms with Crippen LogP contribution >= 0.6 is 0 Å². The number of hydrogen-bond acceptors (Lipinski definition) is 3. The van der Waals surface area contributed by atoms with Crippen molar-refractivity contribution in [3.8, 4) is 0 Å². The van der Waals surface area contributed by atoms with E-state index in [0.717, 1.165) is 25.9 Å². The van der Waals surface area contributed by atoms with Crippen molar-refractivity contribution >= 4 is 0 Å². The van der Waals surface area contributed by atoms with Crippen LogP contribution in [0.25, 0.3) is 0 Å². The molecule has 2 aliphatic rings. The number of piperidine rings is 2. The Bertz CT molecular complexity index is 157. The molecule has 2 fully saturated rings. The van der Waals surface area contributed by atoms with Gasteiger partial charge < -0.3 is 5.11 Å². The minimum atomic E-state index is -0.0873. The van der Waals surface area contributed by atoms with Crippen LogP contribution in [0.1, 0.15) is 32.1 Å². The summed E-state index contributed by atoms with van der Waals surface area (Å²) in [5.74, 6) is 0. The fourth-order valence-electron chi connectivity index (χ4n) is 2.35. The van der Waals surface area contributed by atoms with Gasteiger partial charge in [0.05, 0.1) is 6.10 Å². The summed E-state index contributed by atoms with van der Waals surface area (Å²) in [6.45, 7) is 4.41. The quantitative estimate of drug-likeness (QED) is 0.654. The lowest BCUT2D eigenvalue weighted by atomic mass is 10.1. The summed E-state index contributed by atoms with van der Waals surface area (Å²) in [4.78, 5) is 0. The van der Waals surface area contributed by atoms with Gasteiger partial charge >= 0.3 is 0 Å². The molecule has 1 atom stereocenters. The van der Waals surface area contributed by atoms with Gasteiger partial charge in [-0.05, 0) is 25.7 Å². The third kappa shape index (κ3) is 2.42. The van der Waals surface area contributed by atoms with E-state index in [-0.39, 0.29) is 6.10 Å². The van der Waals surface area contributed by atoms with Crippen LogP contribution in [0.3, 0.4) is 0 Å². The number of hydrogen-bond donors (Lipinski definition) is 1. The number of aliphatic hydroxyl groups excluding tert-OH is 1. The molecule has 0 aliphatic carbocycles. The molecule has 0 aromatic heterocycles. The number of hydrazine groups is 1. The number of rotatable bonds is 1. The molecular weight excluding hydrogens is 164 g/mol. The zero-order valence-corrected chi connectivity index (χ0v) is 8.28. The third-order valence-electron chi connectivity index (χ3n) is 3.11. The Hall–Kier alpha value is -0.120. The molecule has 0 aromatic carbocycles. The fourth-order valence-corrected chi connectivity index (χ4v) is 2.35. The molecule has 3 heteroatoms. The van der Waals surface area contributed by atoms with E-state index in [1.807, 2.05) is 0 Å². The molecule has 0 saturated carbocycles. The van der Waals surface area contributed by atoms with E-state index in [0.29, 0.717) is 0 Å². The number of nitrogens with zero attached hydrogens (tertiary/aromatic N) is 2. The number of aliphatic hydroxyl groups is 1. The van der Waals surface area contributed by atoms with E-state index in [4.69, 9.17) is 0 Å². The lowest BCUT2D eigenvalue weighted by Gasteiger charge is -2.41. The highest BCUT2D eigenvalue weighted by atomic mass is 16.3. The monoisotopic (exact) mass is 184 g/mol. The van der Waals surface area contributed by atoms with Gasteiger partial charge in [0.15, 0.2) is 0 Å². The topological polar surface area (TPSA) is 26.7 Å². The first-order valence-electron chi connectivity index (χ1n) is 5.54. The van der Waals surface area contributed by atoms with Crippen molar-refractivity contribution in [1.29, 1.82) is 0 Å². The highest BCUT2D eigenvalue weighted by Crippen LogP contribution is 2.16. The Labute approximate surface area is 80.3 Å². The van der Waals surface area contributed by atoms with Crippen molar-refractivity contribution < 1.29 is 5.11 Å². The number of β-amino-alcohol motifs (C(OH)–C–C–N with tert-alkyl or cyclic N) is 1. The van der Waals surface area contributed by atoms with Gasteiger partial charge in [-0.1, -0.05) is 6.42 Å². The second kappa shape index (κ2) is 4.40. The Morgan fingerprint density at radius 2 is 1.54 bits per heavy atom. The highest BCUT2D eigenvalue weighted by Gasteiger charge is 2.23. The van der Waals surface area contributed by atoms with Gasteiger partial charge in [0.25, 0.3) is 0 Å². The van der Waals surface area contributed by atoms with Crippen LogP contribution in [0.2, 0.25) is 0 Å². The molecule has 1 N–H and O–H groups in total. The first-order valence-corrected chi connectivity index (χ1v) is 5.54. The maximum atomic E-state index is 9.54. The summed E-state index contributed by atoms with van der Waals surface area (Å²) in [5.41, 5.74) is 0. The van der Waals surface area contributed by atoms with Gasteiger partial charge in [0.1, 0.15) is 0 Å². The van der Waals surface area contributed by atoms with Gasteiger partial charge in [-0.2, -0.15) is 0 Å². The Morgan fingerprint density at radius 1 is 0.846 bits per heavy atom. The molecule has 13 heavy (non-hydrogen) atoms. The van der Waals surface area contributed by atoms with E-state index in [1.165, 1.54) is 32.4 Å². The van der Waals surface area contributed by atoms with Crippen LogP contribution in [0, 0.1) is 0 Å². The molecule has 0 amide bonds. The molecule has 76 valence electrons. The largest absolute Gasteiger partial charge is 0.392 e. The third-order valence-corrected chi connectivity index (χ3v) is 3.11. The van der Waals surface area contributed by atoms with Crippen molar-refractivity contribution in [2.75, 3.05) is 26.2 Å². The van der Waals surface area contributed by atoms with E-state index in [1.54, 1.807) is 0 Å². The average Bonchev–Trinajstić information content (AvgIpc) is 2.19. The minimum Gasteiger partial charge on any atom is -0.392 e. The van der Waals surface area contributed by atoms with Crippen molar-refractivity contribution in [2.45, 2.75) is 38.2 Å². The first kappa shape index (κ1) is 9.44. The van der Waals surface area contributed by atoms with Gasteiger partial charge in [0, 0.05) is 26.2 Å². The van der Waals surface area contributed by atoms with Crippen LogP contribution in [-0.4, -0.2) is 47.4 Å². The average molecular weight is 184 g/mol. The molecule has 0 spiro atoms. The molecule has 0 bridgehead atoms. The van der Waals surface area contributed by atoms with Crippen molar-refractivity contribution in [1.82, 2.24) is 10.0 Å². The van der Waals surface area contributed by atoms with Crippen LogP contribution in [0.5, 0.6) is 0 Å². The Balaban J connectivity index is 1.83. The SMILES string of the molecule is O[C@@H]1CCCN(N2CCCCC2)C1. The van der Waals surface area contributed by atoms with Gasteiger partial charge in [-0.25, -0.2) is 10.0 Å².